The minimum Gasteiger partial charge on any atom is -0.353 e. The van der Waals surface area contributed by atoms with Gasteiger partial charge in [0.2, 0.25) is 5.91 Å². The van der Waals surface area contributed by atoms with E-state index in [-0.39, 0.29) is 29.1 Å². The van der Waals surface area contributed by atoms with E-state index in [4.69, 9.17) is 11.6 Å². The molecule has 2 N–H and O–H groups in total. The van der Waals surface area contributed by atoms with Gasteiger partial charge < -0.3 is 10.6 Å². The van der Waals surface area contributed by atoms with E-state index in [1.54, 1.807) is 29.1 Å². The van der Waals surface area contributed by atoms with Crippen LogP contribution in [0.3, 0.4) is 0 Å². The van der Waals surface area contributed by atoms with Crippen LogP contribution >= 0.6 is 11.6 Å². The molecule has 0 radical (unpaired) electrons. The van der Waals surface area contributed by atoms with Gasteiger partial charge in [-0.05, 0) is 50.5 Å². The molecule has 6 nitrogen and oxygen atoms in total. The molecule has 1 fully saturated rings. The Labute approximate surface area is 173 Å². The number of benzene rings is 1. The predicted octanol–water partition coefficient (Wildman–Crippen LogP) is 4.32. The Morgan fingerprint density at radius 1 is 1.31 bits per heavy atom. The molecule has 1 aliphatic rings. The predicted molar refractivity (Wildman–Crippen MR) is 110 cm³/mol. The highest BCUT2D eigenvalue weighted by Gasteiger charge is 2.21. The van der Waals surface area contributed by atoms with Crippen molar-refractivity contribution in [3.63, 3.8) is 0 Å². The number of rotatable bonds is 6. The minimum absolute atomic E-state index is 0.0271. The zero-order valence-corrected chi connectivity index (χ0v) is 16.7. The average molecular weight is 414 g/mol. The van der Waals surface area contributed by atoms with Gasteiger partial charge >= 0.3 is 0 Å². The summed E-state index contributed by atoms with van der Waals surface area (Å²) < 4.78 is 15.9. The molecule has 2 aromatic heterocycles. The summed E-state index contributed by atoms with van der Waals surface area (Å²) >= 11 is 5.87. The van der Waals surface area contributed by atoms with E-state index in [2.05, 4.69) is 20.7 Å². The molecule has 0 saturated heterocycles. The fourth-order valence-corrected chi connectivity index (χ4v) is 3.40. The van der Waals surface area contributed by atoms with Crippen LogP contribution in [0.15, 0.2) is 42.6 Å². The normalized spacial score (nSPS) is 13.8. The summed E-state index contributed by atoms with van der Waals surface area (Å²) in [5.74, 6) is -0.179. The van der Waals surface area contributed by atoms with Crippen LogP contribution in [0.25, 0.3) is 5.69 Å². The third-order valence-corrected chi connectivity index (χ3v) is 5.23. The summed E-state index contributed by atoms with van der Waals surface area (Å²) in [5, 5.41) is 10.6. The van der Waals surface area contributed by atoms with Crippen molar-refractivity contribution in [2.24, 2.45) is 0 Å². The van der Waals surface area contributed by atoms with Crippen molar-refractivity contribution in [2.45, 2.75) is 38.6 Å². The molecule has 8 heteroatoms. The highest BCUT2D eigenvalue weighted by Crippen LogP contribution is 2.26. The van der Waals surface area contributed by atoms with Crippen LogP contribution in [0.5, 0.6) is 0 Å². The Balaban J connectivity index is 1.64. The zero-order chi connectivity index (χ0) is 20.4. The molecular weight excluding hydrogens is 393 g/mol. The molecule has 1 saturated carbocycles. The number of pyridine rings is 1. The number of carbonyl (C=O) groups is 1. The zero-order valence-electron chi connectivity index (χ0n) is 16.0. The third kappa shape index (κ3) is 4.40. The molecule has 0 atom stereocenters. The van der Waals surface area contributed by atoms with E-state index in [0.717, 1.165) is 30.6 Å². The van der Waals surface area contributed by atoms with E-state index >= 15 is 0 Å². The van der Waals surface area contributed by atoms with Crippen LogP contribution < -0.4 is 10.6 Å². The van der Waals surface area contributed by atoms with E-state index < -0.39 is 5.82 Å². The molecule has 0 spiro atoms. The second-order valence-electron chi connectivity index (χ2n) is 7.19. The van der Waals surface area contributed by atoms with Crippen molar-refractivity contribution in [1.29, 1.82) is 0 Å². The van der Waals surface area contributed by atoms with Gasteiger partial charge in [0.05, 0.1) is 28.5 Å². The Hall–Kier alpha value is -2.93. The number of nitrogens with one attached hydrogen (secondary N) is 2. The summed E-state index contributed by atoms with van der Waals surface area (Å²) in [6.07, 6.45) is 5.06. The Morgan fingerprint density at radius 2 is 2.14 bits per heavy atom. The molecule has 1 aromatic carbocycles. The van der Waals surface area contributed by atoms with Crippen molar-refractivity contribution < 1.29 is 9.18 Å². The van der Waals surface area contributed by atoms with Gasteiger partial charge in [-0.2, -0.15) is 0 Å². The average Bonchev–Trinajstić information content (AvgIpc) is 3.04. The first-order chi connectivity index (χ1) is 14.0. The summed E-state index contributed by atoms with van der Waals surface area (Å²) in [5.41, 5.74) is 2.53. The van der Waals surface area contributed by atoms with Crippen LogP contribution in [0.4, 0.5) is 15.9 Å². The van der Waals surface area contributed by atoms with Gasteiger partial charge in [-0.25, -0.2) is 9.07 Å². The van der Waals surface area contributed by atoms with Gasteiger partial charge in [-0.15, -0.1) is 5.10 Å². The van der Waals surface area contributed by atoms with Crippen molar-refractivity contribution >= 4 is 29.0 Å². The SMILES string of the molecule is Cc1cc(-n2nc(Nc3cccc(Cl)c3F)cc2CC(=O)NC2CCC2)ccn1. The molecule has 29 heavy (non-hydrogen) atoms. The van der Waals surface area contributed by atoms with Crippen molar-refractivity contribution in [2.75, 3.05) is 5.32 Å². The molecule has 2 heterocycles. The van der Waals surface area contributed by atoms with Crippen LogP contribution in [0.2, 0.25) is 5.02 Å². The number of nitrogens with zero attached hydrogens (tertiary/aromatic N) is 3. The molecule has 1 amide bonds. The van der Waals surface area contributed by atoms with Gasteiger partial charge in [0.1, 0.15) is 0 Å². The molecule has 0 bridgehead atoms. The number of hydrogen-bond acceptors (Lipinski definition) is 4. The molecule has 0 unspecified atom stereocenters. The number of aromatic nitrogens is 3. The molecular formula is C21H21ClFN5O. The summed E-state index contributed by atoms with van der Waals surface area (Å²) in [4.78, 5) is 16.7. The largest absolute Gasteiger partial charge is 0.353 e. The van der Waals surface area contributed by atoms with E-state index in [1.165, 1.54) is 6.07 Å². The van der Waals surface area contributed by atoms with Crippen LogP contribution in [0, 0.1) is 12.7 Å². The van der Waals surface area contributed by atoms with E-state index in [9.17, 15) is 9.18 Å². The van der Waals surface area contributed by atoms with Crippen molar-refractivity contribution in [3.05, 3.63) is 64.8 Å². The smallest absolute Gasteiger partial charge is 0.226 e. The van der Waals surface area contributed by atoms with Gasteiger partial charge in [-0.3, -0.25) is 9.78 Å². The first kappa shape index (κ1) is 19.4. The van der Waals surface area contributed by atoms with Crippen molar-refractivity contribution in [1.82, 2.24) is 20.1 Å². The van der Waals surface area contributed by atoms with E-state index in [1.807, 2.05) is 19.1 Å². The third-order valence-electron chi connectivity index (χ3n) is 4.93. The maximum atomic E-state index is 14.3. The highest BCUT2D eigenvalue weighted by molar-refractivity contribution is 6.31. The number of anilines is 2. The summed E-state index contributed by atoms with van der Waals surface area (Å²) in [6.45, 7) is 1.89. The number of amides is 1. The number of halogens is 2. The molecule has 1 aliphatic carbocycles. The molecule has 0 aliphatic heterocycles. The van der Waals surface area contributed by atoms with Crippen LogP contribution in [-0.4, -0.2) is 26.7 Å². The number of carbonyl (C=O) groups excluding carboxylic acids is 1. The summed E-state index contributed by atoms with van der Waals surface area (Å²) in [6, 6.07) is 10.4. The standard InChI is InChI=1S/C21H21ClFN5O/c1-13-10-15(8-9-24-13)28-16(12-20(29)25-14-4-2-5-14)11-19(27-28)26-18-7-3-6-17(22)21(18)23/h3,6-11,14H,2,4-5,12H2,1H3,(H,25,29)(H,26,27). The second-order valence-corrected chi connectivity index (χ2v) is 7.59. The lowest BCUT2D eigenvalue weighted by atomic mass is 9.93. The summed E-state index contributed by atoms with van der Waals surface area (Å²) in [7, 11) is 0. The molecule has 150 valence electrons. The maximum absolute atomic E-state index is 14.3. The highest BCUT2D eigenvalue weighted by atomic mass is 35.5. The Morgan fingerprint density at radius 3 is 2.86 bits per heavy atom. The maximum Gasteiger partial charge on any atom is 0.226 e. The molecule has 4 rings (SSSR count). The minimum atomic E-state index is -0.548. The first-order valence-corrected chi connectivity index (χ1v) is 9.90. The Bertz CT molecular complexity index is 1050. The number of aryl methyl sites for hydroxylation is 1. The van der Waals surface area contributed by atoms with Gasteiger partial charge in [0.15, 0.2) is 11.6 Å². The van der Waals surface area contributed by atoms with Gasteiger partial charge in [0.25, 0.3) is 0 Å². The van der Waals surface area contributed by atoms with E-state index in [0.29, 0.717) is 11.5 Å². The van der Waals surface area contributed by atoms with Gasteiger partial charge in [-0.1, -0.05) is 17.7 Å². The Kier molecular flexibility index (Phi) is 5.49. The monoisotopic (exact) mass is 413 g/mol. The number of hydrogen-bond donors (Lipinski definition) is 2. The fourth-order valence-electron chi connectivity index (χ4n) is 3.23. The van der Waals surface area contributed by atoms with Crippen LogP contribution in [0.1, 0.15) is 30.7 Å². The molecule has 3 aromatic rings. The van der Waals surface area contributed by atoms with Crippen LogP contribution in [-0.2, 0) is 11.2 Å². The lowest BCUT2D eigenvalue weighted by molar-refractivity contribution is -0.121. The van der Waals surface area contributed by atoms with Crippen molar-refractivity contribution in [3.8, 4) is 5.69 Å². The van der Waals surface area contributed by atoms with Gasteiger partial charge in [0, 0.05) is 24.0 Å². The fraction of sp³-hybridized carbons (Fsp3) is 0.286. The lowest BCUT2D eigenvalue weighted by Gasteiger charge is -2.26. The second kappa shape index (κ2) is 8.21. The topological polar surface area (TPSA) is 71.8 Å². The quantitative estimate of drug-likeness (QED) is 0.631. The first-order valence-electron chi connectivity index (χ1n) is 9.52. The lowest BCUT2D eigenvalue weighted by Crippen LogP contribution is -2.40.